The van der Waals surface area contributed by atoms with E-state index in [0.29, 0.717) is 24.3 Å². The SMILES string of the molecule is O=C1/C(=N/Nc2cccc(S(=O)(=O)O)c2)C(S(=O)(=O)O)=Cc2cc(S(=O)(=O)O)cc(Nc3nc(Cl)nc(Nc4ccc(Nc5nc(Cl)nc(Nc6cc(S(=O)(=O)O)cc7c6C(=O)/C(=N\Nc6cccc(S(=O)(=O)O)c6)C(S(=O)(=O)O)=C7)n5)cc4)n3)c21. The van der Waals surface area contributed by atoms with Gasteiger partial charge in [-0.05, 0) is 131 Å². The third-order valence-electron chi connectivity index (χ3n) is 11.3. The van der Waals surface area contributed by atoms with Crippen LogP contribution in [0, 0.1) is 0 Å². The van der Waals surface area contributed by atoms with E-state index in [-0.39, 0.29) is 34.6 Å². The van der Waals surface area contributed by atoms with Gasteiger partial charge in [0, 0.05) is 11.4 Å². The van der Waals surface area contributed by atoms with Crippen LogP contribution >= 0.6 is 23.2 Å². The van der Waals surface area contributed by atoms with Crippen molar-refractivity contribution in [1.29, 1.82) is 0 Å². The maximum atomic E-state index is 14.2. The second-order valence-electron chi connectivity index (χ2n) is 17.2. The van der Waals surface area contributed by atoms with Crippen molar-refractivity contribution in [3.05, 3.63) is 140 Å². The Labute approximate surface area is 492 Å². The van der Waals surface area contributed by atoms with Crippen LogP contribution in [0.4, 0.5) is 57.9 Å². The van der Waals surface area contributed by atoms with E-state index in [1.54, 1.807) is 0 Å². The summed E-state index contributed by atoms with van der Waals surface area (Å²) in [4.78, 5) is 47.2. The Balaban J connectivity index is 0.973. The molecule has 0 radical (unpaired) electrons. The number of carbonyl (C=O) groups is 2. The van der Waals surface area contributed by atoms with Crippen molar-refractivity contribution in [2.24, 2.45) is 10.2 Å². The fourth-order valence-electron chi connectivity index (χ4n) is 7.74. The van der Waals surface area contributed by atoms with Gasteiger partial charge in [0.2, 0.25) is 45.9 Å². The lowest BCUT2D eigenvalue weighted by Crippen LogP contribution is -2.28. The van der Waals surface area contributed by atoms with E-state index >= 15 is 0 Å². The fraction of sp³-hybridized carbons (Fsp3) is 0. The normalized spacial score (nSPS) is 14.8. The van der Waals surface area contributed by atoms with E-state index in [1.807, 2.05) is 0 Å². The van der Waals surface area contributed by atoms with Gasteiger partial charge in [0.25, 0.3) is 60.7 Å². The van der Waals surface area contributed by atoms with Crippen LogP contribution in [0.15, 0.2) is 137 Å². The van der Waals surface area contributed by atoms with Crippen molar-refractivity contribution in [2.45, 2.75) is 19.6 Å². The Morgan fingerprint density at radius 1 is 0.372 bits per heavy atom. The molecule has 0 saturated carbocycles. The van der Waals surface area contributed by atoms with Crippen molar-refractivity contribution in [3.8, 4) is 0 Å². The summed E-state index contributed by atoms with van der Waals surface area (Å²) in [6, 6.07) is 17.0. The van der Waals surface area contributed by atoms with Crippen LogP contribution < -0.4 is 32.1 Å². The van der Waals surface area contributed by atoms with Gasteiger partial charge in [0.15, 0.2) is 11.4 Å². The number of halogens is 2. The van der Waals surface area contributed by atoms with E-state index in [0.717, 1.165) is 48.5 Å². The Morgan fingerprint density at radius 2 is 0.698 bits per heavy atom. The summed E-state index contributed by atoms with van der Waals surface area (Å²) in [5.41, 5.74) is -0.599. The van der Waals surface area contributed by atoms with Crippen LogP contribution in [-0.2, 0) is 60.7 Å². The van der Waals surface area contributed by atoms with Gasteiger partial charge in [-0.15, -0.1) is 0 Å². The molecule has 0 saturated heterocycles. The maximum Gasteiger partial charge on any atom is 0.296 e. The molecule has 0 amide bonds. The van der Waals surface area contributed by atoms with Gasteiger partial charge in [-0.2, -0.15) is 90.6 Å². The fourth-order valence-corrected chi connectivity index (χ4v) is 11.5. The number of hydrogen-bond acceptors (Lipinski definition) is 28. The van der Waals surface area contributed by atoms with E-state index < -0.39 is 169 Å². The molecule has 7 aromatic rings. The number of fused-ring (bicyclic) bond motifs is 2. The molecule has 42 heteroatoms. The molecule has 0 bridgehead atoms. The molecule has 0 aliphatic heterocycles. The molecule has 12 N–H and O–H groups in total. The summed E-state index contributed by atoms with van der Waals surface area (Å²) in [5, 5.41) is 17.3. The second kappa shape index (κ2) is 22.8. The highest BCUT2D eigenvalue weighted by molar-refractivity contribution is 7.91. The van der Waals surface area contributed by atoms with Crippen molar-refractivity contribution >= 4 is 177 Å². The number of nitrogens with one attached hydrogen (secondary N) is 6. The minimum absolute atomic E-state index is 0.204. The average molecular weight is 1340 g/mol. The Bertz CT molecular complexity index is 4650. The third kappa shape index (κ3) is 14.1. The first-order valence-corrected chi connectivity index (χ1v) is 32.0. The van der Waals surface area contributed by atoms with Crippen LogP contribution in [0.1, 0.15) is 31.8 Å². The van der Waals surface area contributed by atoms with Gasteiger partial charge in [-0.25, -0.2) is 0 Å². The lowest BCUT2D eigenvalue weighted by atomic mass is 9.93. The Hall–Kier alpha value is -8.88. The van der Waals surface area contributed by atoms with Crippen LogP contribution in [0.3, 0.4) is 0 Å². The van der Waals surface area contributed by atoms with Crippen LogP contribution in [0.5, 0.6) is 0 Å². The summed E-state index contributed by atoms with van der Waals surface area (Å²) in [6.45, 7) is 0. The Morgan fingerprint density at radius 3 is 1.01 bits per heavy atom. The molecular weight excluding hydrogens is 1310 g/mol. The zero-order valence-corrected chi connectivity index (χ0v) is 48.0. The summed E-state index contributed by atoms with van der Waals surface area (Å²) >= 11 is 12.5. The third-order valence-corrected chi connectivity index (χ3v) is 16.8. The highest BCUT2D eigenvalue weighted by Gasteiger charge is 2.38. The number of nitrogens with zero attached hydrogens (tertiary/aromatic N) is 8. The van der Waals surface area contributed by atoms with Crippen LogP contribution in [0.2, 0.25) is 10.6 Å². The lowest BCUT2D eigenvalue weighted by molar-refractivity contribution is 0.105. The number of ketones is 2. The van der Waals surface area contributed by atoms with Crippen molar-refractivity contribution in [2.75, 3.05) is 32.1 Å². The number of benzene rings is 5. The van der Waals surface area contributed by atoms with Gasteiger partial charge in [-0.1, -0.05) is 12.1 Å². The molecule has 2 aromatic heterocycles. The molecular formula is C44H30Cl2N14O20S6. The smallest absolute Gasteiger partial charge is 0.296 e. The first kappa shape index (κ1) is 61.7. The number of allylic oxidation sites excluding steroid dienone is 2. The van der Waals surface area contributed by atoms with E-state index in [1.165, 1.54) is 36.4 Å². The molecule has 2 heterocycles. The molecule has 2 aliphatic rings. The average Bonchev–Trinajstić information content (AvgIpc) is 0.788. The predicted molar refractivity (Wildman–Crippen MR) is 304 cm³/mol. The molecule has 0 spiro atoms. The molecule has 0 unspecified atom stereocenters. The van der Waals surface area contributed by atoms with Gasteiger partial charge in [-0.3, -0.25) is 47.8 Å². The molecule has 5 aromatic carbocycles. The first-order chi connectivity index (χ1) is 40.0. The van der Waals surface area contributed by atoms with E-state index in [9.17, 15) is 87.4 Å². The van der Waals surface area contributed by atoms with Gasteiger partial charge < -0.3 is 21.3 Å². The largest absolute Gasteiger partial charge is 0.324 e. The number of Topliss-reactive ketones (excluding diaryl/α,β-unsaturated/α-hetero) is 2. The predicted octanol–water partition coefficient (Wildman–Crippen LogP) is 5.11. The Kier molecular flexibility index (Phi) is 16.4. The molecule has 0 atom stereocenters. The highest BCUT2D eigenvalue weighted by atomic mass is 35.5. The minimum atomic E-state index is -5.36. The zero-order valence-electron chi connectivity index (χ0n) is 41.6. The van der Waals surface area contributed by atoms with Crippen LogP contribution in [-0.4, -0.2) is 131 Å². The quantitative estimate of drug-likeness (QED) is 0.0392. The number of hydrogen-bond donors (Lipinski definition) is 12. The standard InChI is InChI=1S/C44H30Cl2N14O20S6/c45-39-51-41(55-43(53-39)49-29-17-27(83(69,70)71)11-19-13-31(85(75,76)77)35(37(61)33(19)29)59-57-23-3-1-5-25(15-23)81(63,64)65)47-21-7-9-22(10-8-21)48-42-52-40(46)54-44(56-42)50-30-18-28(84(72,73)74)12-20-14-32(86(78,79)80)36(38(62)34(20)30)60-58-24-4-2-6-26(16-24)82(66,67)68/h1-18,57-58H,(H,63,64,65)(H,66,67,68)(H,69,70,71)(H,72,73,74)(H,75,76,77)(H,78,79,80)(H2,47,49,51,53,55)(H2,48,50,52,54,56)/b59-35-,60-36+. The first-order valence-electron chi connectivity index (χ1n) is 22.6. The van der Waals surface area contributed by atoms with Gasteiger partial charge >= 0.3 is 0 Å². The highest BCUT2D eigenvalue weighted by Crippen LogP contribution is 2.37. The van der Waals surface area contributed by atoms with E-state index in [4.69, 9.17) is 23.2 Å². The zero-order chi connectivity index (χ0) is 62.6. The number of carbonyl (C=O) groups excluding carboxylic acids is 2. The van der Waals surface area contributed by atoms with Crippen molar-refractivity contribution in [3.63, 3.8) is 0 Å². The second-order valence-corrected chi connectivity index (χ2v) is 26.3. The topological polar surface area (TPSA) is 535 Å². The molecule has 2 aliphatic carbocycles. The van der Waals surface area contributed by atoms with E-state index in [2.05, 4.69) is 72.2 Å². The number of rotatable bonds is 18. The number of anilines is 10. The van der Waals surface area contributed by atoms with Crippen LogP contribution in [0.25, 0.3) is 12.2 Å². The summed E-state index contributed by atoms with van der Waals surface area (Å²) in [5.74, 6) is -4.25. The van der Waals surface area contributed by atoms with Crippen molar-refractivity contribution in [1.82, 2.24) is 29.9 Å². The summed E-state index contributed by atoms with van der Waals surface area (Å²) in [6.07, 6.45) is 1.29. The number of hydrazone groups is 2. The summed E-state index contributed by atoms with van der Waals surface area (Å²) < 4.78 is 206. The molecule has 9 rings (SSSR count). The molecule has 446 valence electrons. The minimum Gasteiger partial charge on any atom is -0.324 e. The molecule has 34 nitrogen and oxygen atoms in total. The molecule has 0 fully saturated rings. The van der Waals surface area contributed by atoms with Crippen molar-refractivity contribution < 1.29 is 87.4 Å². The van der Waals surface area contributed by atoms with Gasteiger partial charge in [0.1, 0.15) is 9.81 Å². The molecule has 86 heavy (non-hydrogen) atoms. The maximum absolute atomic E-state index is 14.2. The number of aromatic nitrogens is 6. The monoisotopic (exact) mass is 1340 g/mol. The summed E-state index contributed by atoms with van der Waals surface area (Å²) in [7, 11) is -30.5. The lowest BCUT2D eigenvalue weighted by Gasteiger charge is -2.20. The van der Waals surface area contributed by atoms with Gasteiger partial charge in [0.05, 0.1) is 53.5 Å².